The average molecular weight is 466 g/mol. The van der Waals surface area contributed by atoms with Gasteiger partial charge in [-0.1, -0.05) is 11.6 Å². The lowest BCUT2D eigenvalue weighted by molar-refractivity contribution is 0.184. The third kappa shape index (κ3) is 4.19. The third-order valence-corrected chi connectivity index (χ3v) is 6.04. The maximum atomic E-state index is 13.4. The van der Waals surface area contributed by atoms with Crippen LogP contribution in [0.1, 0.15) is 6.92 Å². The molecule has 0 aliphatic carbocycles. The summed E-state index contributed by atoms with van der Waals surface area (Å²) in [5, 5.41) is 3.69. The van der Waals surface area contributed by atoms with Crippen molar-refractivity contribution in [1.29, 1.82) is 0 Å². The third-order valence-electron chi connectivity index (χ3n) is 5.75. The summed E-state index contributed by atoms with van der Waals surface area (Å²) < 4.78 is 13.4. The average Bonchev–Trinajstić information content (AvgIpc) is 3.26. The first-order valence-corrected chi connectivity index (χ1v) is 10.9. The molecule has 5 rings (SSSR count). The Bertz CT molecular complexity index is 1310. The number of benzene rings is 1. The Hall–Kier alpha value is -3.72. The van der Waals surface area contributed by atoms with Gasteiger partial charge in [0.25, 0.3) is 0 Å². The molecule has 1 atom stereocenters. The molecule has 0 spiro atoms. The molecule has 1 aromatic carbocycles. The van der Waals surface area contributed by atoms with Gasteiger partial charge in [0, 0.05) is 55.0 Å². The second kappa shape index (κ2) is 8.67. The lowest BCUT2D eigenvalue weighted by atomic mass is 10.1. The summed E-state index contributed by atoms with van der Waals surface area (Å²) in [4.78, 5) is 33.1. The van der Waals surface area contributed by atoms with E-state index in [1.807, 2.05) is 25.1 Å². The number of halogens is 2. The number of pyridine rings is 1. The van der Waals surface area contributed by atoms with Crippen molar-refractivity contribution in [2.45, 2.75) is 13.0 Å². The molecule has 2 amide bonds. The number of nitrogens with zero attached hydrogens (tertiary/aromatic N) is 5. The van der Waals surface area contributed by atoms with Crippen LogP contribution in [-0.2, 0) is 0 Å². The predicted octanol–water partition coefficient (Wildman–Crippen LogP) is 4.56. The van der Waals surface area contributed by atoms with E-state index in [2.05, 4.69) is 30.2 Å². The highest BCUT2D eigenvalue weighted by Crippen LogP contribution is 2.30. The van der Waals surface area contributed by atoms with Gasteiger partial charge in [-0.05, 0) is 43.3 Å². The maximum Gasteiger partial charge on any atom is 0.322 e. The molecular formula is C23H21ClFN7O. The summed E-state index contributed by atoms with van der Waals surface area (Å²) in [6, 6.07) is 9.72. The molecule has 4 heterocycles. The van der Waals surface area contributed by atoms with Crippen molar-refractivity contribution in [3.05, 3.63) is 66.0 Å². The van der Waals surface area contributed by atoms with Gasteiger partial charge in [0.1, 0.15) is 23.6 Å². The molecule has 168 valence electrons. The summed E-state index contributed by atoms with van der Waals surface area (Å²) in [7, 11) is 0. The van der Waals surface area contributed by atoms with Gasteiger partial charge in [-0.3, -0.25) is 4.98 Å². The van der Waals surface area contributed by atoms with Crippen LogP contribution in [0.5, 0.6) is 0 Å². The number of hydrogen-bond donors (Lipinski definition) is 2. The molecule has 1 aliphatic heterocycles. The molecule has 1 fully saturated rings. The van der Waals surface area contributed by atoms with Crippen LogP contribution in [0.2, 0.25) is 5.02 Å². The molecule has 2 N–H and O–H groups in total. The summed E-state index contributed by atoms with van der Waals surface area (Å²) >= 11 is 5.82. The second-order valence-electron chi connectivity index (χ2n) is 7.93. The molecule has 0 radical (unpaired) electrons. The van der Waals surface area contributed by atoms with Gasteiger partial charge in [0.15, 0.2) is 0 Å². The molecule has 1 aliphatic rings. The van der Waals surface area contributed by atoms with E-state index in [0.717, 1.165) is 28.1 Å². The van der Waals surface area contributed by atoms with Crippen LogP contribution in [0.15, 0.2) is 55.1 Å². The van der Waals surface area contributed by atoms with E-state index in [9.17, 15) is 9.18 Å². The summed E-state index contributed by atoms with van der Waals surface area (Å²) in [5.74, 6) is 0.304. The lowest BCUT2D eigenvalue weighted by Crippen LogP contribution is -2.55. The minimum Gasteiger partial charge on any atom is -0.352 e. The van der Waals surface area contributed by atoms with E-state index in [1.165, 1.54) is 18.2 Å². The fourth-order valence-corrected chi connectivity index (χ4v) is 4.27. The number of aromatic amines is 1. The quantitative estimate of drug-likeness (QED) is 0.463. The van der Waals surface area contributed by atoms with Gasteiger partial charge in [0.2, 0.25) is 0 Å². The van der Waals surface area contributed by atoms with E-state index in [4.69, 9.17) is 11.6 Å². The largest absolute Gasteiger partial charge is 0.352 e. The van der Waals surface area contributed by atoms with Crippen LogP contribution in [0.25, 0.3) is 22.3 Å². The van der Waals surface area contributed by atoms with E-state index >= 15 is 0 Å². The van der Waals surface area contributed by atoms with Crippen molar-refractivity contribution >= 4 is 40.2 Å². The number of anilines is 2. The first kappa shape index (κ1) is 21.1. The number of piperazine rings is 1. The number of fused-ring (bicyclic) bond motifs is 1. The Balaban J connectivity index is 1.33. The second-order valence-corrected chi connectivity index (χ2v) is 8.33. The number of rotatable bonds is 3. The molecule has 3 aromatic heterocycles. The Morgan fingerprint density at radius 1 is 1.18 bits per heavy atom. The van der Waals surface area contributed by atoms with E-state index in [0.29, 0.717) is 25.3 Å². The van der Waals surface area contributed by atoms with Gasteiger partial charge in [-0.25, -0.2) is 19.2 Å². The Morgan fingerprint density at radius 2 is 2.00 bits per heavy atom. The maximum absolute atomic E-state index is 13.4. The summed E-state index contributed by atoms with van der Waals surface area (Å²) in [5.41, 5.74) is 3.17. The predicted molar refractivity (Wildman–Crippen MR) is 126 cm³/mol. The van der Waals surface area contributed by atoms with Gasteiger partial charge >= 0.3 is 6.03 Å². The molecule has 33 heavy (non-hydrogen) atoms. The van der Waals surface area contributed by atoms with Crippen molar-refractivity contribution in [2.75, 3.05) is 29.9 Å². The van der Waals surface area contributed by atoms with Crippen molar-refractivity contribution in [2.24, 2.45) is 0 Å². The fourth-order valence-electron chi connectivity index (χ4n) is 4.09. The zero-order valence-corrected chi connectivity index (χ0v) is 18.6. The number of H-pyrrole nitrogens is 1. The molecule has 8 nitrogen and oxygen atoms in total. The molecule has 0 unspecified atom stereocenters. The van der Waals surface area contributed by atoms with Crippen molar-refractivity contribution in [1.82, 2.24) is 24.8 Å². The van der Waals surface area contributed by atoms with Crippen LogP contribution in [0, 0.1) is 5.82 Å². The molecule has 1 saturated heterocycles. The lowest BCUT2D eigenvalue weighted by Gasteiger charge is -2.40. The van der Waals surface area contributed by atoms with Crippen LogP contribution in [0.3, 0.4) is 0 Å². The molecule has 0 saturated carbocycles. The number of amides is 2. The first-order valence-electron chi connectivity index (χ1n) is 10.5. The molecule has 4 aromatic rings. The topological polar surface area (TPSA) is 90.0 Å². The minimum atomic E-state index is -0.523. The van der Waals surface area contributed by atoms with Gasteiger partial charge in [-0.2, -0.15) is 0 Å². The SMILES string of the molecule is C[C@@H]1CN(c2ncnc3[nH]c(-c4ccncc4)cc23)CCN1C(=O)Nc1ccc(F)c(Cl)c1. The van der Waals surface area contributed by atoms with E-state index < -0.39 is 5.82 Å². The zero-order valence-electron chi connectivity index (χ0n) is 17.8. The standard InChI is InChI=1S/C23H21ClFN7O/c1-14-12-31(8-9-32(14)23(33)29-16-2-3-19(25)18(24)10-16)22-17-11-20(15-4-6-26-7-5-15)30-21(17)27-13-28-22/h2-7,10-11,13-14H,8-9,12H2,1H3,(H,29,33)(H,27,28,30)/t14-/m1/s1. The normalized spacial score (nSPS) is 16.3. The number of urea groups is 1. The monoisotopic (exact) mass is 465 g/mol. The van der Waals surface area contributed by atoms with Gasteiger partial charge in [-0.15, -0.1) is 0 Å². The highest BCUT2D eigenvalue weighted by molar-refractivity contribution is 6.31. The number of nitrogens with one attached hydrogen (secondary N) is 2. The minimum absolute atomic E-state index is 0.0314. The Kier molecular flexibility index (Phi) is 5.55. The van der Waals surface area contributed by atoms with Crippen LogP contribution in [-0.4, -0.2) is 56.5 Å². The smallest absolute Gasteiger partial charge is 0.322 e. The van der Waals surface area contributed by atoms with Crippen LogP contribution >= 0.6 is 11.6 Å². The molecule has 0 bridgehead atoms. The fraction of sp³-hybridized carbons (Fsp3) is 0.217. The van der Waals surface area contributed by atoms with Crippen molar-refractivity contribution in [3.8, 4) is 11.3 Å². The summed E-state index contributed by atoms with van der Waals surface area (Å²) in [6.07, 6.45) is 5.05. The van der Waals surface area contributed by atoms with E-state index in [-0.39, 0.29) is 17.1 Å². The summed E-state index contributed by atoms with van der Waals surface area (Å²) in [6.45, 7) is 3.72. The van der Waals surface area contributed by atoms with Gasteiger partial charge in [0.05, 0.1) is 10.4 Å². The van der Waals surface area contributed by atoms with Crippen molar-refractivity contribution < 1.29 is 9.18 Å². The Morgan fingerprint density at radius 3 is 2.76 bits per heavy atom. The number of carbonyl (C=O) groups excluding carboxylic acids is 1. The Labute approximate surface area is 194 Å². The number of carbonyl (C=O) groups is 1. The van der Waals surface area contributed by atoms with Crippen LogP contribution < -0.4 is 10.2 Å². The zero-order chi connectivity index (χ0) is 22.9. The van der Waals surface area contributed by atoms with Crippen molar-refractivity contribution in [3.63, 3.8) is 0 Å². The first-order chi connectivity index (χ1) is 16.0. The molecule has 10 heteroatoms. The number of aromatic nitrogens is 4. The highest BCUT2D eigenvalue weighted by Gasteiger charge is 2.29. The number of hydrogen-bond acceptors (Lipinski definition) is 5. The molecular weight excluding hydrogens is 445 g/mol. The van der Waals surface area contributed by atoms with Gasteiger partial charge < -0.3 is 20.1 Å². The van der Waals surface area contributed by atoms with E-state index in [1.54, 1.807) is 23.6 Å². The van der Waals surface area contributed by atoms with Crippen LogP contribution in [0.4, 0.5) is 20.7 Å². The highest BCUT2D eigenvalue weighted by atomic mass is 35.5.